The van der Waals surface area contributed by atoms with E-state index in [4.69, 9.17) is 10.5 Å². The zero-order valence-electron chi connectivity index (χ0n) is 13.5. The Hall–Kier alpha value is -3.37. The molecule has 2 heterocycles. The maximum Gasteiger partial charge on any atom is 0.361 e. The number of aromatic nitrogens is 5. The molecule has 3 aromatic rings. The van der Waals surface area contributed by atoms with Gasteiger partial charge in [-0.25, -0.2) is 14.5 Å². The minimum Gasteiger partial charge on any atom is -0.450 e. The molecule has 136 valence electrons. The van der Waals surface area contributed by atoms with Crippen molar-refractivity contribution in [3.05, 3.63) is 42.0 Å². The summed E-state index contributed by atoms with van der Waals surface area (Å²) in [6, 6.07) is 6.37. The molecule has 3 rings (SSSR count). The van der Waals surface area contributed by atoms with Crippen LogP contribution >= 0.6 is 0 Å². The number of esters is 1. The maximum atomic E-state index is 13.4. The van der Waals surface area contributed by atoms with Crippen LogP contribution in [0.5, 0.6) is 0 Å². The highest BCUT2D eigenvalue weighted by molar-refractivity contribution is 5.87. The summed E-state index contributed by atoms with van der Waals surface area (Å²) in [6.07, 6.45) is 0.112. The molecule has 0 unspecified atom stereocenters. The first kappa shape index (κ1) is 17.5. The number of primary amides is 1. The highest BCUT2D eigenvalue weighted by atomic mass is 19.3. The smallest absolute Gasteiger partial charge is 0.361 e. The first-order chi connectivity index (χ1) is 12.4. The van der Waals surface area contributed by atoms with Crippen molar-refractivity contribution in [1.82, 2.24) is 24.5 Å². The number of amides is 1. The van der Waals surface area contributed by atoms with Gasteiger partial charge in [-0.3, -0.25) is 9.36 Å². The first-order valence-corrected chi connectivity index (χ1v) is 7.51. The number of para-hydroxylation sites is 2. The van der Waals surface area contributed by atoms with Crippen molar-refractivity contribution < 1.29 is 23.1 Å². The Morgan fingerprint density at radius 2 is 2.04 bits per heavy atom. The number of benzene rings is 1. The van der Waals surface area contributed by atoms with Crippen LogP contribution < -0.4 is 5.73 Å². The maximum absolute atomic E-state index is 13.4. The summed E-state index contributed by atoms with van der Waals surface area (Å²) in [5.41, 5.74) is 5.43. The lowest BCUT2D eigenvalue weighted by Crippen LogP contribution is -2.19. The van der Waals surface area contributed by atoms with E-state index in [0.717, 1.165) is 4.68 Å². The molecular formula is C15H14F2N6O3. The van der Waals surface area contributed by atoms with E-state index in [0.29, 0.717) is 10.1 Å². The predicted octanol–water partition coefficient (Wildman–Crippen LogP) is 1.43. The number of hydrogen-bond acceptors (Lipinski definition) is 6. The number of alkyl halides is 2. The summed E-state index contributed by atoms with van der Waals surface area (Å²) < 4.78 is 33.8. The molecule has 9 nitrogen and oxygen atoms in total. The molecule has 0 fully saturated rings. The zero-order valence-corrected chi connectivity index (χ0v) is 13.5. The van der Waals surface area contributed by atoms with Crippen molar-refractivity contribution in [3.8, 4) is 0 Å². The Kier molecular flexibility index (Phi) is 4.61. The van der Waals surface area contributed by atoms with Crippen LogP contribution in [0.3, 0.4) is 0 Å². The minimum atomic E-state index is -2.85. The minimum absolute atomic E-state index is 0.0981. The van der Waals surface area contributed by atoms with Crippen LogP contribution in [0.4, 0.5) is 8.78 Å². The molecule has 1 amide bonds. The number of carbonyl (C=O) groups is 2. The van der Waals surface area contributed by atoms with Crippen LogP contribution in [0.15, 0.2) is 30.5 Å². The van der Waals surface area contributed by atoms with Crippen molar-refractivity contribution in [2.24, 2.45) is 5.73 Å². The third kappa shape index (κ3) is 3.36. The highest BCUT2D eigenvalue weighted by Crippen LogP contribution is 2.28. The molecule has 0 saturated heterocycles. The number of ether oxygens (including phenoxy) is 1. The third-order valence-corrected chi connectivity index (χ3v) is 3.53. The molecule has 2 aromatic heterocycles. The average molecular weight is 364 g/mol. The second kappa shape index (κ2) is 6.86. The third-order valence-electron chi connectivity index (χ3n) is 3.53. The topological polar surface area (TPSA) is 118 Å². The van der Waals surface area contributed by atoms with Gasteiger partial charge in [0.2, 0.25) is 5.91 Å². The molecule has 0 bridgehead atoms. The van der Waals surface area contributed by atoms with Crippen LogP contribution in [0.1, 0.15) is 35.9 Å². The summed E-state index contributed by atoms with van der Waals surface area (Å²) in [5.74, 6) is -1.64. The van der Waals surface area contributed by atoms with Gasteiger partial charge in [-0.15, -0.1) is 5.10 Å². The number of nitrogens with zero attached hydrogens (tertiary/aromatic N) is 5. The van der Waals surface area contributed by atoms with E-state index < -0.39 is 24.5 Å². The Labute approximate surface area is 145 Å². The summed E-state index contributed by atoms with van der Waals surface area (Å²) in [7, 11) is 0. The molecule has 1 atom stereocenters. The van der Waals surface area contributed by atoms with Gasteiger partial charge in [-0.05, 0) is 19.1 Å². The SMILES string of the molecule is C[C@H](OC(=O)c1cn(CC(N)=O)nn1)c1nc2ccccc2n1C(F)F. The summed E-state index contributed by atoms with van der Waals surface area (Å²) in [5, 5.41) is 7.13. The van der Waals surface area contributed by atoms with Gasteiger partial charge in [-0.2, -0.15) is 8.78 Å². The van der Waals surface area contributed by atoms with E-state index in [2.05, 4.69) is 15.3 Å². The molecule has 0 aliphatic carbocycles. The van der Waals surface area contributed by atoms with Gasteiger partial charge >= 0.3 is 12.5 Å². The average Bonchev–Trinajstić information content (AvgIpc) is 3.18. The van der Waals surface area contributed by atoms with Crippen molar-refractivity contribution in [2.45, 2.75) is 26.1 Å². The van der Waals surface area contributed by atoms with Gasteiger partial charge in [0.05, 0.1) is 17.2 Å². The van der Waals surface area contributed by atoms with E-state index in [1.165, 1.54) is 19.2 Å². The van der Waals surface area contributed by atoms with Crippen molar-refractivity contribution in [3.63, 3.8) is 0 Å². The van der Waals surface area contributed by atoms with Gasteiger partial charge in [0.1, 0.15) is 6.54 Å². The van der Waals surface area contributed by atoms with Gasteiger partial charge in [0.25, 0.3) is 0 Å². The summed E-state index contributed by atoms with van der Waals surface area (Å²) in [4.78, 5) is 27.1. The number of hydrogen-bond donors (Lipinski definition) is 1. The first-order valence-electron chi connectivity index (χ1n) is 7.51. The van der Waals surface area contributed by atoms with Gasteiger partial charge in [-0.1, -0.05) is 17.3 Å². The van der Waals surface area contributed by atoms with E-state index in [1.54, 1.807) is 18.2 Å². The van der Waals surface area contributed by atoms with Crippen molar-refractivity contribution in [1.29, 1.82) is 0 Å². The molecule has 2 N–H and O–H groups in total. The molecule has 0 aliphatic rings. The molecule has 0 aliphatic heterocycles. The Morgan fingerprint density at radius 3 is 2.73 bits per heavy atom. The van der Waals surface area contributed by atoms with Crippen LogP contribution in [0, 0.1) is 0 Å². The lowest BCUT2D eigenvalue weighted by atomic mass is 10.3. The van der Waals surface area contributed by atoms with E-state index in [1.807, 2.05) is 0 Å². The monoisotopic (exact) mass is 364 g/mol. The number of rotatable bonds is 6. The number of carbonyl (C=O) groups excluding carboxylic acids is 2. The summed E-state index contributed by atoms with van der Waals surface area (Å²) in [6.45, 7) is -1.68. The molecule has 11 heteroatoms. The van der Waals surface area contributed by atoms with Gasteiger partial charge < -0.3 is 10.5 Å². The Balaban J connectivity index is 1.83. The molecule has 0 spiro atoms. The van der Waals surface area contributed by atoms with Crippen molar-refractivity contribution >= 4 is 22.9 Å². The lowest BCUT2D eigenvalue weighted by Gasteiger charge is -2.14. The predicted molar refractivity (Wildman–Crippen MR) is 84.0 cm³/mol. The number of fused-ring (bicyclic) bond motifs is 1. The molecule has 0 radical (unpaired) electrons. The van der Waals surface area contributed by atoms with Crippen LogP contribution in [0.25, 0.3) is 11.0 Å². The zero-order chi connectivity index (χ0) is 18.8. The second-order valence-corrected chi connectivity index (χ2v) is 5.42. The van der Waals surface area contributed by atoms with Crippen molar-refractivity contribution in [2.75, 3.05) is 0 Å². The molecular weight excluding hydrogens is 350 g/mol. The fraction of sp³-hybridized carbons (Fsp3) is 0.267. The van der Waals surface area contributed by atoms with E-state index in [9.17, 15) is 18.4 Å². The fourth-order valence-corrected chi connectivity index (χ4v) is 2.46. The molecule has 0 saturated carbocycles. The number of halogens is 2. The molecule has 1 aromatic carbocycles. The van der Waals surface area contributed by atoms with Crippen LogP contribution in [0.2, 0.25) is 0 Å². The Bertz CT molecular complexity index is 967. The van der Waals surface area contributed by atoms with Crippen LogP contribution in [-0.4, -0.2) is 36.4 Å². The molecule has 26 heavy (non-hydrogen) atoms. The quantitative estimate of drug-likeness (QED) is 0.661. The number of imidazole rings is 1. The lowest BCUT2D eigenvalue weighted by molar-refractivity contribution is -0.118. The summed E-state index contributed by atoms with van der Waals surface area (Å²) >= 11 is 0. The van der Waals surface area contributed by atoms with E-state index >= 15 is 0 Å². The van der Waals surface area contributed by atoms with Gasteiger partial charge in [0.15, 0.2) is 17.6 Å². The largest absolute Gasteiger partial charge is 0.450 e. The van der Waals surface area contributed by atoms with E-state index in [-0.39, 0.29) is 23.6 Å². The normalized spacial score (nSPS) is 12.5. The second-order valence-electron chi connectivity index (χ2n) is 5.42. The van der Waals surface area contributed by atoms with Crippen LogP contribution in [-0.2, 0) is 16.1 Å². The standard InChI is InChI=1S/C15H14F2N6O3/c1-8(26-14(25)10-6-22(21-20-10)7-12(18)24)13-19-9-4-2-3-5-11(9)23(13)15(16)17/h2-6,8,15H,7H2,1H3,(H2,18,24)/t8-/m0/s1. The number of nitrogens with two attached hydrogens (primary N) is 1. The fourth-order valence-electron chi connectivity index (χ4n) is 2.46. The Morgan fingerprint density at radius 1 is 1.31 bits per heavy atom. The van der Waals surface area contributed by atoms with Gasteiger partial charge in [0, 0.05) is 0 Å². The highest BCUT2D eigenvalue weighted by Gasteiger charge is 2.25.